The van der Waals surface area contributed by atoms with Gasteiger partial charge in [0, 0.05) is 11.1 Å². The van der Waals surface area contributed by atoms with Crippen LogP contribution >= 0.6 is 11.6 Å². The molecule has 0 bridgehead atoms. The van der Waals surface area contributed by atoms with Crippen LogP contribution in [0.1, 0.15) is 26.7 Å². The Labute approximate surface area is 103 Å². The molecule has 0 aliphatic heterocycles. The van der Waals surface area contributed by atoms with Gasteiger partial charge in [-0.1, -0.05) is 25.4 Å². The maximum atomic E-state index is 5.95. The molecule has 2 N–H and O–H groups in total. The van der Waals surface area contributed by atoms with Crippen molar-refractivity contribution in [2.75, 3.05) is 6.61 Å². The molecule has 90 valence electrons. The van der Waals surface area contributed by atoms with Crippen LogP contribution in [0.5, 0.6) is 5.75 Å². The summed E-state index contributed by atoms with van der Waals surface area (Å²) in [5, 5.41) is 0.719. The summed E-state index contributed by atoms with van der Waals surface area (Å²) in [6, 6.07) is 7.46. The van der Waals surface area contributed by atoms with Gasteiger partial charge in [0.2, 0.25) is 0 Å². The van der Waals surface area contributed by atoms with Gasteiger partial charge in [0.25, 0.3) is 0 Å². The highest BCUT2D eigenvalue weighted by Gasteiger charge is 2.05. The molecule has 1 unspecified atom stereocenters. The smallest absolute Gasteiger partial charge is 0.119 e. The zero-order valence-corrected chi connectivity index (χ0v) is 10.7. The maximum absolute atomic E-state index is 5.95. The molecule has 16 heavy (non-hydrogen) atoms. The molecule has 0 aromatic heterocycles. The third-order valence-corrected chi connectivity index (χ3v) is 2.64. The average molecular weight is 242 g/mol. The minimum atomic E-state index is 0.109. The van der Waals surface area contributed by atoms with Crippen LogP contribution in [0.2, 0.25) is 5.02 Å². The summed E-state index contributed by atoms with van der Waals surface area (Å²) in [4.78, 5) is 0. The summed E-state index contributed by atoms with van der Waals surface area (Å²) in [6.45, 7) is 4.97. The molecule has 1 aromatic carbocycles. The van der Waals surface area contributed by atoms with Gasteiger partial charge < -0.3 is 10.5 Å². The Balaban J connectivity index is 2.26. The van der Waals surface area contributed by atoms with E-state index in [1.165, 1.54) is 0 Å². The van der Waals surface area contributed by atoms with E-state index in [4.69, 9.17) is 22.1 Å². The molecule has 1 aromatic rings. The number of hydrogen-bond acceptors (Lipinski definition) is 2. The molecule has 0 saturated carbocycles. The summed E-state index contributed by atoms with van der Waals surface area (Å²) >= 11 is 5.78. The average Bonchev–Trinajstić information content (AvgIpc) is 2.25. The van der Waals surface area contributed by atoms with Crippen molar-refractivity contribution in [3.63, 3.8) is 0 Å². The van der Waals surface area contributed by atoms with E-state index in [1.54, 1.807) is 0 Å². The minimum absolute atomic E-state index is 0.109. The van der Waals surface area contributed by atoms with E-state index in [1.807, 2.05) is 24.3 Å². The van der Waals surface area contributed by atoms with Crippen LogP contribution in [0, 0.1) is 5.92 Å². The number of hydrogen-bond donors (Lipinski definition) is 1. The molecule has 0 aliphatic rings. The second-order valence-corrected chi connectivity index (χ2v) is 4.93. The molecule has 0 saturated heterocycles. The second kappa shape index (κ2) is 6.77. The Morgan fingerprint density at radius 2 is 1.81 bits per heavy atom. The van der Waals surface area contributed by atoms with Crippen LogP contribution in [-0.4, -0.2) is 12.6 Å². The molecule has 1 atom stereocenters. The summed E-state index contributed by atoms with van der Waals surface area (Å²) in [5.41, 5.74) is 5.95. The van der Waals surface area contributed by atoms with Gasteiger partial charge in [-0.3, -0.25) is 0 Å². The first-order chi connectivity index (χ1) is 7.58. The van der Waals surface area contributed by atoms with Gasteiger partial charge in [-0.2, -0.15) is 0 Å². The van der Waals surface area contributed by atoms with Gasteiger partial charge in [-0.25, -0.2) is 0 Å². The SMILES string of the molecule is CC(C)CCC(N)COc1ccc(Cl)cc1. The van der Waals surface area contributed by atoms with Crippen LogP contribution in [0.25, 0.3) is 0 Å². The lowest BCUT2D eigenvalue weighted by Crippen LogP contribution is -2.28. The molecule has 2 nitrogen and oxygen atoms in total. The van der Waals surface area contributed by atoms with Crippen molar-refractivity contribution >= 4 is 11.6 Å². The molecule has 0 aliphatic carbocycles. The lowest BCUT2D eigenvalue weighted by Gasteiger charge is -2.14. The van der Waals surface area contributed by atoms with Crippen molar-refractivity contribution in [1.29, 1.82) is 0 Å². The van der Waals surface area contributed by atoms with E-state index < -0.39 is 0 Å². The van der Waals surface area contributed by atoms with Gasteiger partial charge in [0.15, 0.2) is 0 Å². The van der Waals surface area contributed by atoms with E-state index in [-0.39, 0.29) is 6.04 Å². The Morgan fingerprint density at radius 3 is 2.38 bits per heavy atom. The van der Waals surface area contributed by atoms with Crippen molar-refractivity contribution in [2.45, 2.75) is 32.7 Å². The number of ether oxygens (including phenoxy) is 1. The Hall–Kier alpha value is -0.730. The first-order valence-electron chi connectivity index (χ1n) is 5.72. The fourth-order valence-electron chi connectivity index (χ4n) is 1.36. The quantitative estimate of drug-likeness (QED) is 0.828. The van der Waals surface area contributed by atoms with Crippen LogP contribution in [0.15, 0.2) is 24.3 Å². The Kier molecular flexibility index (Phi) is 5.64. The van der Waals surface area contributed by atoms with E-state index in [2.05, 4.69) is 13.8 Å². The molecular formula is C13H20ClNO. The summed E-state index contributed by atoms with van der Waals surface area (Å²) in [6.07, 6.45) is 2.15. The highest BCUT2D eigenvalue weighted by Crippen LogP contribution is 2.16. The van der Waals surface area contributed by atoms with Crippen LogP contribution in [0.4, 0.5) is 0 Å². The molecular weight excluding hydrogens is 222 g/mol. The van der Waals surface area contributed by atoms with Gasteiger partial charge >= 0.3 is 0 Å². The minimum Gasteiger partial charge on any atom is -0.492 e. The number of rotatable bonds is 6. The van der Waals surface area contributed by atoms with E-state index in [9.17, 15) is 0 Å². The zero-order valence-electron chi connectivity index (χ0n) is 9.95. The predicted octanol–water partition coefficient (Wildman–Crippen LogP) is 3.48. The molecule has 0 amide bonds. The molecule has 0 heterocycles. The van der Waals surface area contributed by atoms with Crippen LogP contribution in [0.3, 0.4) is 0 Å². The third kappa shape index (κ3) is 5.38. The highest BCUT2D eigenvalue weighted by molar-refractivity contribution is 6.30. The molecule has 0 radical (unpaired) electrons. The van der Waals surface area contributed by atoms with Crippen LogP contribution in [-0.2, 0) is 0 Å². The normalized spacial score (nSPS) is 12.8. The lowest BCUT2D eigenvalue weighted by atomic mass is 10.0. The first kappa shape index (κ1) is 13.3. The van der Waals surface area contributed by atoms with Crippen molar-refractivity contribution < 1.29 is 4.74 Å². The monoisotopic (exact) mass is 241 g/mol. The zero-order chi connectivity index (χ0) is 12.0. The highest BCUT2D eigenvalue weighted by atomic mass is 35.5. The predicted molar refractivity (Wildman–Crippen MR) is 69.0 cm³/mol. The van der Waals surface area contributed by atoms with E-state index in [0.717, 1.165) is 23.6 Å². The van der Waals surface area contributed by atoms with Crippen molar-refractivity contribution in [3.8, 4) is 5.75 Å². The van der Waals surface area contributed by atoms with Gasteiger partial charge in [0.05, 0.1) is 0 Å². The lowest BCUT2D eigenvalue weighted by molar-refractivity contribution is 0.276. The summed E-state index contributed by atoms with van der Waals surface area (Å²) in [7, 11) is 0. The molecule has 1 rings (SSSR count). The van der Waals surface area contributed by atoms with E-state index in [0.29, 0.717) is 12.5 Å². The van der Waals surface area contributed by atoms with Crippen LogP contribution < -0.4 is 10.5 Å². The van der Waals surface area contributed by atoms with E-state index >= 15 is 0 Å². The molecule has 0 fully saturated rings. The van der Waals surface area contributed by atoms with Crippen molar-refractivity contribution in [3.05, 3.63) is 29.3 Å². The standard InChI is InChI=1S/C13H20ClNO/c1-10(2)3-6-12(15)9-16-13-7-4-11(14)5-8-13/h4-5,7-8,10,12H,3,6,9,15H2,1-2H3. The number of benzene rings is 1. The molecule has 0 spiro atoms. The number of halogens is 1. The fourth-order valence-corrected chi connectivity index (χ4v) is 1.49. The van der Waals surface area contributed by atoms with Gasteiger partial charge in [0.1, 0.15) is 12.4 Å². The summed E-state index contributed by atoms with van der Waals surface area (Å²) < 4.78 is 5.57. The topological polar surface area (TPSA) is 35.2 Å². The number of nitrogens with two attached hydrogens (primary N) is 1. The first-order valence-corrected chi connectivity index (χ1v) is 6.09. The Morgan fingerprint density at radius 1 is 1.19 bits per heavy atom. The van der Waals surface area contributed by atoms with Crippen molar-refractivity contribution in [2.24, 2.45) is 11.7 Å². The largest absolute Gasteiger partial charge is 0.492 e. The fraction of sp³-hybridized carbons (Fsp3) is 0.538. The van der Waals surface area contributed by atoms with Gasteiger partial charge in [-0.05, 0) is 43.0 Å². The van der Waals surface area contributed by atoms with Crippen molar-refractivity contribution in [1.82, 2.24) is 0 Å². The maximum Gasteiger partial charge on any atom is 0.119 e. The second-order valence-electron chi connectivity index (χ2n) is 4.50. The molecule has 3 heteroatoms. The third-order valence-electron chi connectivity index (χ3n) is 2.39. The van der Waals surface area contributed by atoms with Gasteiger partial charge in [-0.15, -0.1) is 0 Å². The summed E-state index contributed by atoms with van der Waals surface area (Å²) in [5.74, 6) is 1.52. The Bertz CT molecular complexity index is 297.